The number of nitrogens with one attached hydrogen (secondary N) is 1. The van der Waals surface area contributed by atoms with Crippen molar-refractivity contribution in [2.75, 3.05) is 19.6 Å². The van der Waals surface area contributed by atoms with Gasteiger partial charge in [0.1, 0.15) is 0 Å². The van der Waals surface area contributed by atoms with Gasteiger partial charge in [-0.2, -0.15) is 0 Å². The molecule has 4 nitrogen and oxygen atoms in total. The fraction of sp³-hybridized carbons (Fsp3) is 0.600. The molecule has 2 aliphatic rings. The smallest absolute Gasteiger partial charge is 0.255 e. The fourth-order valence-electron chi connectivity index (χ4n) is 3.50. The topological polar surface area (TPSA) is 45.2 Å². The monoisotopic (exact) mass is 259 g/mol. The van der Waals surface area contributed by atoms with Crippen molar-refractivity contribution in [1.29, 1.82) is 0 Å². The number of carbonyl (C=O) groups is 1. The Labute approximate surface area is 114 Å². The van der Waals surface area contributed by atoms with Gasteiger partial charge in [-0.25, -0.2) is 0 Å². The van der Waals surface area contributed by atoms with Crippen LogP contribution in [-0.4, -0.2) is 41.5 Å². The highest BCUT2D eigenvalue weighted by Crippen LogP contribution is 2.33. The zero-order valence-electron chi connectivity index (χ0n) is 11.8. The summed E-state index contributed by atoms with van der Waals surface area (Å²) in [6, 6.07) is 4.16. The molecule has 2 fully saturated rings. The van der Waals surface area contributed by atoms with Crippen molar-refractivity contribution in [3.05, 3.63) is 29.1 Å². The van der Waals surface area contributed by atoms with E-state index in [-0.39, 0.29) is 5.91 Å². The number of hydrogen-bond acceptors (Lipinski definition) is 3. The summed E-state index contributed by atoms with van der Waals surface area (Å²) >= 11 is 0. The minimum Gasteiger partial charge on any atom is -0.335 e. The van der Waals surface area contributed by atoms with E-state index >= 15 is 0 Å². The van der Waals surface area contributed by atoms with Gasteiger partial charge in [0, 0.05) is 31.4 Å². The Kier molecular flexibility index (Phi) is 3.05. The Balaban J connectivity index is 1.84. The molecule has 3 rings (SSSR count). The summed E-state index contributed by atoms with van der Waals surface area (Å²) in [6.45, 7) is 9.02. The van der Waals surface area contributed by atoms with E-state index in [0.29, 0.717) is 17.9 Å². The molecule has 0 spiro atoms. The van der Waals surface area contributed by atoms with Crippen LogP contribution >= 0.6 is 0 Å². The van der Waals surface area contributed by atoms with Crippen LogP contribution < -0.4 is 5.32 Å². The van der Waals surface area contributed by atoms with Gasteiger partial charge in [-0.05, 0) is 44.7 Å². The molecule has 1 amide bonds. The highest BCUT2D eigenvalue weighted by atomic mass is 16.2. The number of rotatable bonds is 1. The van der Waals surface area contributed by atoms with E-state index < -0.39 is 0 Å². The van der Waals surface area contributed by atoms with Crippen LogP contribution in [0.2, 0.25) is 0 Å². The molecular weight excluding hydrogens is 238 g/mol. The van der Waals surface area contributed by atoms with Gasteiger partial charge in [0.05, 0.1) is 11.3 Å². The van der Waals surface area contributed by atoms with E-state index in [1.807, 2.05) is 30.9 Å². The molecule has 1 N–H and O–H groups in total. The van der Waals surface area contributed by atoms with Crippen molar-refractivity contribution in [2.24, 2.45) is 11.8 Å². The summed E-state index contributed by atoms with van der Waals surface area (Å²) in [5.41, 5.74) is 2.56. The Bertz CT molecular complexity index is 514. The number of aryl methyl sites for hydroxylation is 2. The SMILES string of the molecule is Cc1ccc(C(=O)N2CC3CNCC3C2C)c(C)n1. The van der Waals surface area contributed by atoms with Gasteiger partial charge >= 0.3 is 0 Å². The first-order valence-electron chi connectivity index (χ1n) is 7.04. The number of fused-ring (bicyclic) bond motifs is 1. The van der Waals surface area contributed by atoms with Crippen LogP contribution in [0.25, 0.3) is 0 Å². The average molecular weight is 259 g/mol. The third-order valence-corrected chi connectivity index (χ3v) is 4.65. The van der Waals surface area contributed by atoms with Crippen LogP contribution in [-0.2, 0) is 0 Å². The van der Waals surface area contributed by atoms with Crippen LogP contribution in [0.4, 0.5) is 0 Å². The summed E-state index contributed by atoms with van der Waals surface area (Å²) in [5, 5.41) is 3.42. The maximum Gasteiger partial charge on any atom is 0.255 e. The van der Waals surface area contributed by atoms with Crippen molar-refractivity contribution < 1.29 is 4.79 Å². The first-order valence-corrected chi connectivity index (χ1v) is 7.04. The largest absolute Gasteiger partial charge is 0.335 e. The minimum absolute atomic E-state index is 0.145. The van der Waals surface area contributed by atoms with Crippen LogP contribution in [0, 0.1) is 25.7 Å². The molecule has 3 atom stereocenters. The number of aromatic nitrogens is 1. The van der Waals surface area contributed by atoms with Crippen LogP contribution in [0.1, 0.15) is 28.7 Å². The molecule has 2 aliphatic heterocycles. The molecular formula is C15H21N3O. The second-order valence-electron chi connectivity index (χ2n) is 5.87. The Hall–Kier alpha value is -1.42. The molecule has 0 saturated carbocycles. The molecule has 102 valence electrons. The highest BCUT2D eigenvalue weighted by Gasteiger charge is 2.43. The number of nitrogens with zero attached hydrogens (tertiary/aromatic N) is 2. The van der Waals surface area contributed by atoms with Gasteiger partial charge < -0.3 is 10.2 Å². The number of hydrogen-bond donors (Lipinski definition) is 1. The van der Waals surface area contributed by atoms with Crippen molar-refractivity contribution in [1.82, 2.24) is 15.2 Å². The number of likely N-dealkylation sites (tertiary alicyclic amines) is 1. The summed E-state index contributed by atoms with van der Waals surface area (Å²) in [6.07, 6.45) is 0. The van der Waals surface area contributed by atoms with Gasteiger partial charge in [0.2, 0.25) is 0 Å². The number of amides is 1. The van der Waals surface area contributed by atoms with Gasteiger partial charge in [-0.3, -0.25) is 9.78 Å². The normalized spacial score (nSPS) is 29.6. The van der Waals surface area contributed by atoms with E-state index in [0.717, 1.165) is 36.6 Å². The molecule has 1 aromatic heterocycles. The van der Waals surface area contributed by atoms with E-state index in [1.54, 1.807) is 0 Å². The zero-order valence-corrected chi connectivity index (χ0v) is 11.8. The summed E-state index contributed by atoms with van der Waals surface area (Å²) in [5.74, 6) is 1.38. The number of pyridine rings is 1. The molecule has 19 heavy (non-hydrogen) atoms. The third kappa shape index (κ3) is 2.04. The van der Waals surface area contributed by atoms with Gasteiger partial charge in [-0.1, -0.05) is 0 Å². The molecule has 0 aliphatic carbocycles. The maximum absolute atomic E-state index is 12.7. The quantitative estimate of drug-likeness (QED) is 0.828. The molecule has 1 aromatic rings. The summed E-state index contributed by atoms with van der Waals surface area (Å²) in [4.78, 5) is 19.1. The van der Waals surface area contributed by atoms with E-state index in [1.165, 1.54) is 0 Å². The third-order valence-electron chi connectivity index (χ3n) is 4.65. The summed E-state index contributed by atoms with van der Waals surface area (Å²) < 4.78 is 0. The molecule has 3 unspecified atom stereocenters. The van der Waals surface area contributed by atoms with Gasteiger partial charge in [-0.15, -0.1) is 0 Å². The van der Waals surface area contributed by atoms with Crippen molar-refractivity contribution in [3.63, 3.8) is 0 Å². The Morgan fingerprint density at radius 3 is 2.84 bits per heavy atom. The lowest BCUT2D eigenvalue weighted by atomic mass is 9.95. The highest BCUT2D eigenvalue weighted by molar-refractivity contribution is 5.95. The maximum atomic E-state index is 12.7. The van der Waals surface area contributed by atoms with Gasteiger partial charge in [0.15, 0.2) is 0 Å². The average Bonchev–Trinajstić information content (AvgIpc) is 2.92. The second-order valence-corrected chi connectivity index (χ2v) is 5.87. The Morgan fingerprint density at radius 2 is 2.16 bits per heavy atom. The van der Waals surface area contributed by atoms with Crippen LogP contribution in [0.5, 0.6) is 0 Å². The molecule has 0 aromatic carbocycles. The summed E-state index contributed by atoms with van der Waals surface area (Å²) in [7, 11) is 0. The first-order chi connectivity index (χ1) is 9.08. The lowest BCUT2D eigenvalue weighted by Crippen LogP contribution is -2.38. The molecule has 2 saturated heterocycles. The standard InChI is InChI=1S/C15H21N3O/c1-9-4-5-13(10(2)17-9)15(19)18-8-12-6-16-7-14(12)11(18)3/h4-5,11-12,14,16H,6-8H2,1-3H3. The van der Waals surface area contributed by atoms with Crippen LogP contribution in [0.3, 0.4) is 0 Å². The number of carbonyl (C=O) groups excluding carboxylic acids is 1. The van der Waals surface area contributed by atoms with E-state index in [4.69, 9.17) is 0 Å². The molecule has 4 heteroatoms. The molecule has 0 bridgehead atoms. The lowest BCUT2D eigenvalue weighted by molar-refractivity contribution is 0.0727. The van der Waals surface area contributed by atoms with Gasteiger partial charge in [0.25, 0.3) is 5.91 Å². The van der Waals surface area contributed by atoms with Crippen molar-refractivity contribution in [3.8, 4) is 0 Å². The predicted molar refractivity (Wildman–Crippen MR) is 74.1 cm³/mol. The van der Waals surface area contributed by atoms with Crippen molar-refractivity contribution >= 4 is 5.91 Å². The molecule has 0 radical (unpaired) electrons. The fourth-order valence-corrected chi connectivity index (χ4v) is 3.50. The predicted octanol–water partition coefficient (Wildman–Crippen LogP) is 1.38. The minimum atomic E-state index is 0.145. The first kappa shape index (κ1) is 12.6. The van der Waals surface area contributed by atoms with Crippen molar-refractivity contribution in [2.45, 2.75) is 26.8 Å². The van der Waals surface area contributed by atoms with Crippen LogP contribution in [0.15, 0.2) is 12.1 Å². The lowest BCUT2D eigenvalue weighted by Gasteiger charge is -2.25. The van der Waals surface area contributed by atoms with E-state index in [9.17, 15) is 4.79 Å². The van der Waals surface area contributed by atoms with E-state index in [2.05, 4.69) is 17.2 Å². The molecule has 3 heterocycles. The zero-order chi connectivity index (χ0) is 13.6. The Morgan fingerprint density at radius 1 is 1.37 bits per heavy atom. The second kappa shape index (κ2) is 4.60.